The van der Waals surface area contributed by atoms with Gasteiger partial charge in [0.15, 0.2) is 0 Å². The highest BCUT2D eigenvalue weighted by Gasteiger charge is 2.08. The van der Waals surface area contributed by atoms with E-state index in [1.807, 2.05) is 19.1 Å². The Morgan fingerprint density at radius 3 is 2.62 bits per heavy atom. The Hall–Kier alpha value is -2.10. The molecule has 4 nitrogen and oxygen atoms in total. The van der Waals surface area contributed by atoms with Crippen molar-refractivity contribution in [3.05, 3.63) is 41.6 Å². The van der Waals surface area contributed by atoms with E-state index in [4.69, 9.17) is 0 Å². The fourth-order valence-electron chi connectivity index (χ4n) is 2.20. The Morgan fingerprint density at radius 2 is 1.90 bits per heavy atom. The van der Waals surface area contributed by atoms with E-state index in [0.717, 1.165) is 30.2 Å². The third kappa shape index (κ3) is 4.18. The highest BCUT2D eigenvalue weighted by molar-refractivity contribution is 5.60. The van der Waals surface area contributed by atoms with Crippen molar-refractivity contribution >= 4 is 17.5 Å². The summed E-state index contributed by atoms with van der Waals surface area (Å²) in [5.74, 6) is 1.96. The summed E-state index contributed by atoms with van der Waals surface area (Å²) in [6.45, 7) is 9.41. The van der Waals surface area contributed by atoms with Gasteiger partial charge in [-0.3, -0.25) is 0 Å². The molecule has 0 radical (unpaired) electrons. The zero-order chi connectivity index (χ0) is 15.2. The Labute approximate surface area is 127 Å². The van der Waals surface area contributed by atoms with Gasteiger partial charge in [-0.25, -0.2) is 4.98 Å². The summed E-state index contributed by atoms with van der Waals surface area (Å²) < 4.78 is 0. The first-order valence-corrected chi connectivity index (χ1v) is 7.55. The lowest BCUT2D eigenvalue weighted by molar-refractivity contribution is 0.868. The standard InChI is InChI=1S/C17H24N4/c1-5-10-18-16-11-13(4)19-17(21-16)20-15-9-7-6-8-14(15)12(2)3/h6-9,11-12H,5,10H2,1-4H3,(H2,18,19,20,21). The number of hydrogen-bond acceptors (Lipinski definition) is 4. The summed E-state index contributed by atoms with van der Waals surface area (Å²) in [7, 11) is 0. The van der Waals surface area contributed by atoms with E-state index in [1.165, 1.54) is 5.56 Å². The number of hydrogen-bond donors (Lipinski definition) is 2. The van der Waals surface area contributed by atoms with Crippen LogP contribution in [0.15, 0.2) is 30.3 Å². The largest absolute Gasteiger partial charge is 0.370 e. The van der Waals surface area contributed by atoms with Crippen molar-refractivity contribution in [2.45, 2.75) is 40.0 Å². The maximum atomic E-state index is 4.53. The Bertz CT molecular complexity index is 593. The predicted molar refractivity (Wildman–Crippen MR) is 89.4 cm³/mol. The zero-order valence-electron chi connectivity index (χ0n) is 13.3. The van der Waals surface area contributed by atoms with Gasteiger partial charge in [-0.15, -0.1) is 0 Å². The molecule has 112 valence electrons. The third-order valence-electron chi connectivity index (χ3n) is 3.24. The van der Waals surface area contributed by atoms with E-state index in [1.54, 1.807) is 0 Å². The second-order valence-corrected chi connectivity index (χ2v) is 5.51. The van der Waals surface area contributed by atoms with Crippen molar-refractivity contribution < 1.29 is 0 Å². The molecule has 0 unspecified atom stereocenters. The van der Waals surface area contributed by atoms with Crippen LogP contribution in [0.2, 0.25) is 0 Å². The van der Waals surface area contributed by atoms with Crippen LogP contribution in [0, 0.1) is 6.92 Å². The van der Waals surface area contributed by atoms with Gasteiger partial charge in [0.25, 0.3) is 0 Å². The Kier molecular flexibility index (Phi) is 5.14. The number of para-hydroxylation sites is 1. The van der Waals surface area contributed by atoms with Crippen molar-refractivity contribution in [2.75, 3.05) is 17.2 Å². The average Bonchev–Trinajstić information content (AvgIpc) is 2.45. The van der Waals surface area contributed by atoms with E-state index < -0.39 is 0 Å². The van der Waals surface area contributed by atoms with Gasteiger partial charge < -0.3 is 10.6 Å². The molecular formula is C17H24N4. The molecule has 2 aromatic rings. The van der Waals surface area contributed by atoms with Gasteiger partial charge in [0.05, 0.1) is 0 Å². The molecule has 21 heavy (non-hydrogen) atoms. The van der Waals surface area contributed by atoms with E-state index in [0.29, 0.717) is 11.9 Å². The van der Waals surface area contributed by atoms with Gasteiger partial charge in [0.1, 0.15) is 5.82 Å². The van der Waals surface area contributed by atoms with E-state index in [2.05, 4.69) is 59.6 Å². The fraction of sp³-hybridized carbons (Fsp3) is 0.412. The minimum absolute atomic E-state index is 0.455. The zero-order valence-corrected chi connectivity index (χ0v) is 13.3. The maximum Gasteiger partial charge on any atom is 0.229 e. The summed E-state index contributed by atoms with van der Waals surface area (Å²) in [5, 5.41) is 6.66. The topological polar surface area (TPSA) is 49.8 Å². The molecule has 0 bridgehead atoms. The smallest absolute Gasteiger partial charge is 0.229 e. The molecule has 0 saturated heterocycles. The number of nitrogens with zero attached hydrogens (tertiary/aromatic N) is 2. The van der Waals surface area contributed by atoms with Crippen LogP contribution in [-0.2, 0) is 0 Å². The second kappa shape index (κ2) is 7.07. The first-order valence-electron chi connectivity index (χ1n) is 7.55. The SMILES string of the molecule is CCCNc1cc(C)nc(Nc2ccccc2C(C)C)n1. The molecule has 0 aliphatic rings. The number of nitrogens with one attached hydrogen (secondary N) is 2. The molecule has 1 aromatic carbocycles. The molecule has 0 aliphatic carbocycles. The molecule has 4 heteroatoms. The minimum Gasteiger partial charge on any atom is -0.370 e. The van der Waals surface area contributed by atoms with E-state index in [9.17, 15) is 0 Å². The number of aryl methyl sites for hydroxylation is 1. The Balaban J connectivity index is 2.25. The van der Waals surface area contributed by atoms with Gasteiger partial charge in [-0.1, -0.05) is 39.0 Å². The summed E-state index contributed by atoms with van der Waals surface area (Å²) in [6, 6.07) is 10.3. The van der Waals surface area contributed by atoms with Crippen molar-refractivity contribution in [3.63, 3.8) is 0 Å². The third-order valence-corrected chi connectivity index (χ3v) is 3.24. The molecule has 0 atom stereocenters. The van der Waals surface area contributed by atoms with Crippen molar-refractivity contribution in [1.82, 2.24) is 9.97 Å². The first kappa shape index (κ1) is 15.3. The average molecular weight is 284 g/mol. The van der Waals surface area contributed by atoms with Gasteiger partial charge in [-0.2, -0.15) is 4.98 Å². The fourth-order valence-corrected chi connectivity index (χ4v) is 2.20. The second-order valence-electron chi connectivity index (χ2n) is 5.51. The van der Waals surface area contributed by atoms with Crippen molar-refractivity contribution in [2.24, 2.45) is 0 Å². The minimum atomic E-state index is 0.455. The van der Waals surface area contributed by atoms with Crippen LogP contribution in [0.25, 0.3) is 0 Å². The van der Waals surface area contributed by atoms with Crippen LogP contribution in [0.1, 0.15) is 44.4 Å². The van der Waals surface area contributed by atoms with Crippen LogP contribution < -0.4 is 10.6 Å². The molecule has 0 spiro atoms. The molecule has 2 rings (SSSR count). The molecule has 0 saturated carbocycles. The number of aromatic nitrogens is 2. The van der Waals surface area contributed by atoms with Gasteiger partial charge in [0.2, 0.25) is 5.95 Å². The van der Waals surface area contributed by atoms with Crippen LogP contribution in [0.3, 0.4) is 0 Å². The van der Waals surface area contributed by atoms with Gasteiger partial charge in [-0.05, 0) is 30.9 Å². The van der Waals surface area contributed by atoms with Gasteiger partial charge >= 0.3 is 0 Å². The molecular weight excluding hydrogens is 260 g/mol. The number of rotatable bonds is 6. The first-order chi connectivity index (χ1) is 10.1. The molecule has 0 aliphatic heterocycles. The molecule has 0 amide bonds. The summed E-state index contributed by atoms with van der Waals surface area (Å²) in [5.41, 5.74) is 3.29. The van der Waals surface area contributed by atoms with Crippen LogP contribution >= 0.6 is 0 Å². The molecule has 0 fully saturated rings. The molecule has 2 N–H and O–H groups in total. The lowest BCUT2D eigenvalue weighted by Gasteiger charge is -2.14. The number of benzene rings is 1. The summed E-state index contributed by atoms with van der Waals surface area (Å²) in [4.78, 5) is 9.01. The number of anilines is 3. The maximum absolute atomic E-state index is 4.53. The lowest BCUT2D eigenvalue weighted by atomic mass is 10.0. The van der Waals surface area contributed by atoms with Crippen molar-refractivity contribution in [3.8, 4) is 0 Å². The van der Waals surface area contributed by atoms with Gasteiger partial charge in [0, 0.05) is 24.0 Å². The quantitative estimate of drug-likeness (QED) is 0.821. The summed E-state index contributed by atoms with van der Waals surface area (Å²) in [6.07, 6.45) is 1.07. The Morgan fingerprint density at radius 1 is 1.14 bits per heavy atom. The van der Waals surface area contributed by atoms with Crippen LogP contribution in [0.5, 0.6) is 0 Å². The summed E-state index contributed by atoms with van der Waals surface area (Å²) >= 11 is 0. The highest BCUT2D eigenvalue weighted by Crippen LogP contribution is 2.26. The molecule has 1 heterocycles. The monoisotopic (exact) mass is 284 g/mol. The predicted octanol–water partition coefficient (Wildman–Crippen LogP) is 4.47. The van der Waals surface area contributed by atoms with Crippen LogP contribution in [-0.4, -0.2) is 16.5 Å². The van der Waals surface area contributed by atoms with E-state index >= 15 is 0 Å². The van der Waals surface area contributed by atoms with E-state index in [-0.39, 0.29) is 0 Å². The lowest BCUT2D eigenvalue weighted by Crippen LogP contribution is -2.07. The normalized spacial score (nSPS) is 10.7. The highest BCUT2D eigenvalue weighted by atomic mass is 15.1. The van der Waals surface area contributed by atoms with Crippen molar-refractivity contribution in [1.29, 1.82) is 0 Å². The van der Waals surface area contributed by atoms with Crippen LogP contribution in [0.4, 0.5) is 17.5 Å². The molecule has 1 aromatic heterocycles.